The number of thiophene rings is 1. The van der Waals surface area contributed by atoms with Crippen LogP contribution in [-0.2, 0) is 0 Å². The Labute approximate surface area is 172 Å². The summed E-state index contributed by atoms with van der Waals surface area (Å²) in [5.41, 5.74) is 5.67. The van der Waals surface area contributed by atoms with Crippen molar-refractivity contribution in [1.29, 1.82) is 0 Å². The Balaban J connectivity index is 1.90. The summed E-state index contributed by atoms with van der Waals surface area (Å²) < 4.78 is 0. The molecular formula is C21H17Cl2N3S. The molecule has 4 rings (SSSR count). The predicted molar refractivity (Wildman–Crippen MR) is 117 cm³/mol. The quantitative estimate of drug-likeness (QED) is 0.381. The minimum absolute atomic E-state index is 0.575. The first-order chi connectivity index (χ1) is 12.9. The fourth-order valence-electron chi connectivity index (χ4n) is 3.15. The minimum Gasteiger partial charge on any atom is -0.339 e. The van der Waals surface area contributed by atoms with Crippen molar-refractivity contribution in [3.8, 4) is 11.1 Å². The van der Waals surface area contributed by atoms with Crippen LogP contribution in [0.3, 0.4) is 0 Å². The molecule has 0 unspecified atom stereocenters. The molecule has 2 aromatic heterocycles. The highest BCUT2D eigenvalue weighted by molar-refractivity contribution is 7.19. The summed E-state index contributed by atoms with van der Waals surface area (Å²) in [6.45, 7) is 6.37. The van der Waals surface area contributed by atoms with Crippen molar-refractivity contribution in [2.45, 2.75) is 20.8 Å². The van der Waals surface area contributed by atoms with Gasteiger partial charge in [-0.1, -0.05) is 41.4 Å². The molecular weight excluding hydrogens is 397 g/mol. The van der Waals surface area contributed by atoms with E-state index < -0.39 is 0 Å². The SMILES string of the molecule is Cc1ccc(-c2c(C)sc3ncnc(Nc4cc(Cl)cc(Cl)c4)c23)cc1C. The second kappa shape index (κ2) is 7.12. The van der Waals surface area contributed by atoms with Crippen LogP contribution in [0.25, 0.3) is 21.3 Å². The average Bonchev–Trinajstić information content (AvgIpc) is 2.93. The first-order valence-electron chi connectivity index (χ1n) is 8.47. The van der Waals surface area contributed by atoms with E-state index in [9.17, 15) is 0 Å². The van der Waals surface area contributed by atoms with Gasteiger partial charge in [-0.15, -0.1) is 11.3 Å². The third-order valence-corrected chi connectivity index (χ3v) is 6.03. The maximum absolute atomic E-state index is 6.14. The van der Waals surface area contributed by atoms with Crippen LogP contribution in [0, 0.1) is 20.8 Å². The van der Waals surface area contributed by atoms with E-state index in [1.807, 2.05) is 12.1 Å². The maximum Gasteiger partial charge on any atom is 0.143 e. The van der Waals surface area contributed by atoms with E-state index in [2.05, 4.69) is 54.3 Å². The summed E-state index contributed by atoms with van der Waals surface area (Å²) in [4.78, 5) is 11.1. The summed E-state index contributed by atoms with van der Waals surface area (Å²) in [7, 11) is 0. The van der Waals surface area contributed by atoms with Gasteiger partial charge in [-0.25, -0.2) is 9.97 Å². The fourth-order valence-corrected chi connectivity index (χ4v) is 4.68. The van der Waals surface area contributed by atoms with Crippen LogP contribution in [0.15, 0.2) is 42.7 Å². The second-order valence-corrected chi connectivity index (χ2v) is 8.59. The maximum atomic E-state index is 6.14. The first kappa shape index (κ1) is 18.2. The number of nitrogens with zero attached hydrogens (tertiary/aromatic N) is 2. The first-order valence-corrected chi connectivity index (χ1v) is 10.0. The molecule has 0 fully saturated rings. The summed E-state index contributed by atoms with van der Waals surface area (Å²) in [6, 6.07) is 11.9. The van der Waals surface area contributed by atoms with Gasteiger partial charge in [0.15, 0.2) is 0 Å². The number of fused-ring (bicyclic) bond motifs is 1. The lowest BCUT2D eigenvalue weighted by Gasteiger charge is -2.11. The number of aromatic nitrogens is 2. The van der Waals surface area contributed by atoms with Gasteiger partial charge in [0, 0.05) is 26.2 Å². The molecule has 0 saturated carbocycles. The second-order valence-electron chi connectivity index (χ2n) is 6.52. The molecule has 136 valence electrons. The van der Waals surface area contributed by atoms with E-state index in [4.69, 9.17) is 23.2 Å². The Kier molecular flexibility index (Phi) is 4.81. The monoisotopic (exact) mass is 413 g/mol. The van der Waals surface area contributed by atoms with E-state index in [1.165, 1.54) is 21.6 Å². The van der Waals surface area contributed by atoms with E-state index >= 15 is 0 Å². The highest BCUT2D eigenvalue weighted by Crippen LogP contribution is 2.41. The van der Waals surface area contributed by atoms with E-state index in [1.54, 1.807) is 23.7 Å². The van der Waals surface area contributed by atoms with Crippen molar-refractivity contribution in [2.75, 3.05) is 5.32 Å². The molecule has 0 aliphatic carbocycles. The number of anilines is 2. The zero-order chi connectivity index (χ0) is 19.1. The molecule has 0 radical (unpaired) electrons. The van der Waals surface area contributed by atoms with Crippen LogP contribution >= 0.6 is 34.5 Å². The molecule has 2 heterocycles. The van der Waals surface area contributed by atoms with Crippen molar-refractivity contribution in [1.82, 2.24) is 9.97 Å². The van der Waals surface area contributed by atoms with Crippen molar-refractivity contribution in [2.24, 2.45) is 0 Å². The zero-order valence-corrected chi connectivity index (χ0v) is 17.4. The molecule has 0 aliphatic rings. The molecule has 27 heavy (non-hydrogen) atoms. The molecule has 0 atom stereocenters. The zero-order valence-electron chi connectivity index (χ0n) is 15.1. The average molecular weight is 414 g/mol. The molecule has 0 aliphatic heterocycles. The number of halogens is 2. The number of benzene rings is 2. The van der Waals surface area contributed by atoms with Gasteiger partial charge in [-0.3, -0.25) is 0 Å². The molecule has 0 saturated heterocycles. The van der Waals surface area contributed by atoms with Crippen LogP contribution in [0.4, 0.5) is 11.5 Å². The summed E-state index contributed by atoms with van der Waals surface area (Å²) >= 11 is 14.0. The van der Waals surface area contributed by atoms with E-state index in [0.29, 0.717) is 10.0 Å². The third kappa shape index (κ3) is 3.53. The Morgan fingerprint density at radius 2 is 1.63 bits per heavy atom. The number of aryl methyl sites for hydroxylation is 3. The van der Waals surface area contributed by atoms with Crippen LogP contribution in [0.2, 0.25) is 10.0 Å². The molecule has 4 aromatic rings. The third-order valence-electron chi connectivity index (χ3n) is 4.59. The van der Waals surface area contributed by atoms with Crippen LogP contribution in [0.5, 0.6) is 0 Å². The van der Waals surface area contributed by atoms with Gasteiger partial charge in [0.2, 0.25) is 0 Å². The number of hydrogen-bond acceptors (Lipinski definition) is 4. The van der Waals surface area contributed by atoms with E-state index in [0.717, 1.165) is 27.3 Å². The van der Waals surface area contributed by atoms with Crippen molar-refractivity contribution in [3.05, 3.63) is 68.8 Å². The van der Waals surface area contributed by atoms with Crippen LogP contribution in [0.1, 0.15) is 16.0 Å². The van der Waals surface area contributed by atoms with Gasteiger partial charge in [0.25, 0.3) is 0 Å². The Hall–Kier alpha value is -2.14. The summed E-state index contributed by atoms with van der Waals surface area (Å²) in [5.74, 6) is 0.746. The lowest BCUT2D eigenvalue weighted by atomic mass is 9.99. The number of rotatable bonds is 3. The molecule has 2 aromatic carbocycles. The van der Waals surface area contributed by atoms with Crippen molar-refractivity contribution < 1.29 is 0 Å². The van der Waals surface area contributed by atoms with Gasteiger partial charge >= 0.3 is 0 Å². The minimum atomic E-state index is 0.575. The predicted octanol–water partition coefficient (Wildman–Crippen LogP) is 7.33. The lowest BCUT2D eigenvalue weighted by Crippen LogP contribution is -1.96. The van der Waals surface area contributed by atoms with Gasteiger partial charge in [0.05, 0.1) is 5.39 Å². The number of hydrogen-bond donors (Lipinski definition) is 1. The van der Waals surface area contributed by atoms with Gasteiger partial charge in [-0.05, 0) is 55.7 Å². The lowest BCUT2D eigenvalue weighted by molar-refractivity contribution is 1.23. The van der Waals surface area contributed by atoms with Crippen LogP contribution < -0.4 is 5.32 Å². The standard InChI is InChI=1S/C21H17Cl2N3S/c1-11-4-5-14(6-12(11)2)18-13(3)27-21-19(18)20(24-10-25-21)26-17-8-15(22)7-16(23)9-17/h4-10H,1-3H3,(H,24,25,26). The molecule has 0 bridgehead atoms. The van der Waals surface area contributed by atoms with E-state index in [-0.39, 0.29) is 0 Å². The smallest absolute Gasteiger partial charge is 0.143 e. The summed E-state index contributed by atoms with van der Waals surface area (Å²) in [5, 5.41) is 5.53. The normalized spacial score (nSPS) is 11.1. The number of nitrogens with one attached hydrogen (secondary N) is 1. The highest BCUT2D eigenvalue weighted by Gasteiger charge is 2.17. The highest BCUT2D eigenvalue weighted by atomic mass is 35.5. The largest absolute Gasteiger partial charge is 0.339 e. The molecule has 6 heteroatoms. The van der Waals surface area contributed by atoms with Crippen molar-refractivity contribution in [3.63, 3.8) is 0 Å². The van der Waals surface area contributed by atoms with Gasteiger partial charge in [0.1, 0.15) is 17.0 Å². The molecule has 0 spiro atoms. The Morgan fingerprint density at radius 3 is 2.33 bits per heavy atom. The van der Waals surface area contributed by atoms with Crippen LogP contribution in [-0.4, -0.2) is 9.97 Å². The Morgan fingerprint density at radius 1 is 0.889 bits per heavy atom. The van der Waals surface area contributed by atoms with Gasteiger partial charge in [-0.2, -0.15) is 0 Å². The molecule has 0 amide bonds. The molecule has 1 N–H and O–H groups in total. The topological polar surface area (TPSA) is 37.8 Å². The fraction of sp³-hybridized carbons (Fsp3) is 0.143. The Bertz CT molecular complexity index is 1150. The van der Waals surface area contributed by atoms with Gasteiger partial charge < -0.3 is 5.32 Å². The summed E-state index contributed by atoms with van der Waals surface area (Å²) in [6.07, 6.45) is 1.58. The van der Waals surface area contributed by atoms with Crippen molar-refractivity contribution >= 4 is 56.3 Å². The molecule has 3 nitrogen and oxygen atoms in total.